The van der Waals surface area contributed by atoms with Crippen molar-refractivity contribution in [3.8, 4) is 11.3 Å². The van der Waals surface area contributed by atoms with Gasteiger partial charge in [-0.25, -0.2) is 18.2 Å². The van der Waals surface area contributed by atoms with E-state index in [2.05, 4.69) is 22.2 Å². The Hall–Kier alpha value is -2.91. The fourth-order valence-electron chi connectivity index (χ4n) is 4.60. The second-order valence-electron chi connectivity index (χ2n) is 8.68. The number of nitrogens with zero attached hydrogens (tertiary/aromatic N) is 2. The maximum atomic E-state index is 14.6. The molecule has 0 spiro atoms. The first-order valence-corrected chi connectivity index (χ1v) is 12.2. The standard InChI is InChI=1S/C25H25F3N4OS/c1-13-7-14(9-15(29)8-13)17-5-6-30-12-22(17)32-25(33)21-4-3-18(26)24(31-21)23-19(27)10-16(34-2)11-20(23)28/h3-6,10-15H,7-9,29H2,1-2H3,(H,32,33). The van der Waals surface area contributed by atoms with Crippen LogP contribution in [0.5, 0.6) is 0 Å². The molecule has 3 N–H and O–H groups in total. The number of benzene rings is 1. The summed E-state index contributed by atoms with van der Waals surface area (Å²) in [5.74, 6) is -2.86. The SMILES string of the molecule is CSc1cc(F)c(-c2nc(C(=O)Nc3cnccc3C3CC(C)CC(N)C3)ccc2F)c(F)c1. The topological polar surface area (TPSA) is 80.9 Å². The second kappa shape index (κ2) is 10.1. The molecule has 2 heterocycles. The molecule has 0 radical (unpaired) electrons. The molecule has 1 fully saturated rings. The summed E-state index contributed by atoms with van der Waals surface area (Å²) >= 11 is 1.16. The van der Waals surface area contributed by atoms with Gasteiger partial charge in [-0.1, -0.05) is 6.92 Å². The van der Waals surface area contributed by atoms with Gasteiger partial charge in [0.15, 0.2) is 0 Å². The maximum Gasteiger partial charge on any atom is 0.274 e. The van der Waals surface area contributed by atoms with Crippen LogP contribution in [0.1, 0.15) is 48.2 Å². The highest BCUT2D eigenvalue weighted by Gasteiger charge is 2.28. The quantitative estimate of drug-likeness (QED) is 0.448. The van der Waals surface area contributed by atoms with Crippen LogP contribution in [0.25, 0.3) is 11.3 Å². The number of nitrogens with one attached hydrogen (secondary N) is 1. The van der Waals surface area contributed by atoms with Gasteiger partial charge in [-0.05, 0) is 73.2 Å². The molecule has 1 amide bonds. The van der Waals surface area contributed by atoms with E-state index in [9.17, 15) is 18.0 Å². The number of anilines is 1. The van der Waals surface area contributed by atoms with Crippen LogP contribution in [0.4, 0.5) is 18.9 Å². The lowest BCUT2D eigenvalue weighted by molar-refractivity contribution is 0.102. The highest BCUT2D eigenvalue weighted by atomic mass is 32.2. The van der Waals surface area contributed by atoms with Gasteiger partial charge in [0.05, 0.1) is 17.4 Å². The van der Waals surface area contributed by atoms with Gasteiger partial charge in [0.1, 0.15) is 28.8 Å². The zero-order valence-corrected chi connectivity index (χ0v) is 19.6. The summed E-state index contributed by atoms with van der Waals surface area (Å²) in [4.78, 5) is 21.4. The van der Waals surface area contributed by atoms with Crippen molar-refractivity contribution >= 4 is 23.4 Å². The Bertz CT molecular complexity index is 1190. The Morgan fingerprint density at radius 3 is 2.50 bits per heavy atom. The number of thioether (sulfide) groups is 1. The molecule has 0 aliphatic heterocycles. The number of aromatic nitrogens is 2. The van der Waals surface area contributed by atoms with Crippen molar-refractivity contribution < 1.29 is 18.0 Å². The zero-order chi connectivity index (χ0) is 24.4. The van der Waals surface area contributed by atoms with Crippen molar-refractivity contribution in [1.82, 2.24) is 9.97 Å². The zero-order valence-electron chi connectivity index (χ0n) is 18.8. The lowest BCUT2D eigenvalue weighted by Gasteiger charge is -2.32. The molecule has 3 aromatic rings. The molecule has 1 saturated carbocycles. The first-order valence-electron chi connectivity index (χ1n) is 11.0. The summed E-state index contributed by atoms with van der Waals surface area (Å²) in [6, 6.07) is 6.30. The van der Waals surface area contributed by atoms with E-state index < -0.39 is 34.6 Å². The molecule has 34 heavy (non-hydrogen) atoms. The van der Waals surface area contributed by atoms with E-state index in [1.807, 2.05) is 6.07 Å². The molecule has 178 valence electrons. The number of hydrogen-bond acceptors (Lipinski definition) is 5. The van der Waals surface area contributed by atoms with Crippen LogP contribution in [0.3, 0.4) is 0 Å². The number of halogens is 3. The van der Waals surface area contributed by atoms with E-state index in [4.69, 9.17) is 5.73 Å². The van der Waals surface area contributed by atoms with Gasteiger partial charge >= 0.3 is 0 Å². The molecule has 3 atom stereocenters. The Balaban J connectivity index is 1.64. The van der Waals surface area contributed by atoms with Gasteiger partial charge < -0.3 is 11.1 Å². The molecule has 1 aliphatic carbocycles. The molecule has 1 aliphatic rings. The third-order valence-electron chi connectivity index (χ3n) is 6.09. The summed E-state index contributed by atoms with van der Waals surface area (Å²) in [6.07, 6.45) is 7.56. The predicted molar refractivity (Wildman–Crippen MR) is 127 cm³/mol. The van der Waals surface area contributed by atoms with Crippen LogP contribution in [0.15, 0.2) is 47.6 Å². The smallest absolute Gasteiger partial charge is 0.274 e. The monoisotopic (exact) mass is 486 g/mol. The van der Waals surface area contributed by atoms with E-state index in [0.717, 1.165) is 54.8 Å². The van der Waals surface area contributed by atoms with E-state index >= 15 is 0 Å². The molecule has 2 aromatic heterocycles. The molecule has 9 heteroatoms. The maximum absolute atomic E-state index is 14.6. The first-order chi connectivity index (χ1) is 16.3. The molecular weight excluding hydrogens is 461 g/mol. The van der Waals surface area contributed by atoms with Crippen LogP contribution in [-0.4, -0.2) is 28.2 Å². The van der Waals surface area contributed by atoms with E-state index in [1.165, 1.54) is 6.07 Å². The average Bonchev–Trinajstić information content (AvgIpc) is 2.79. The minimum absolute atomic E-state index is 0.0779. The second-order valence-corrected chi connectivity index (χ2v) is 9.56. The number of amides is 1. The minimum atomic E-state index is -0.953. The molecular formula is C25H25F3N4OS. The predicted octanol–water partition coefficient (Wildman–Crippen LogP) is 5.77. The highest BCUT2D eigenvalue weighted by Crippen LogP contribution is 2.38. The lowest BCUT2D eigenvalue weighted by Crippen LogP contribution is -2.31. The molecule has 1 aromatic carbocycles. The van der Waals surface area contributed by atoms with Crippen LogP contribution in [-0.2, 0) is 0 Å². The van der Waals surface area contributed by atoms with E-state index in [-0.39, 0.29) is 17.7 Å². The molecule has 5 nitrogen and oxygen atoms in total. The Kier molecular flexibility index (Phi) is 7.23. The number of rotatable bonds is 5. The fourth-order valence-corrected chi connectivity index (χ4v) is 5.04. The molecule has 4 rings (SSSR count). The van der Waals surface area contributed by atoms with Crippen molar-refractivity contribution in [2.45, 2.75) is 43.0 Å². The van der Waals surface area contributed by atoms with Crippen LogP contribution in [0, 0.1) is 23.4 Å². The Morgan fingerprint density at radius 1 is 1.09 bits per heavy atom. The van der Waals surface area contributed by atoms with Gasteiger partial charge in [0.2, 0.25) is 0 Å². The Labute approximate surface area is 200 Å². The van der Waals surface area contributed by atoms with Crippen molar-refractivity contribution in [2.75, 3.05) is 11.6 Å². The lowest BCUT2D eigenvalue weighted by atomic mass is 9.76. The first kappa shape index (κ1) is 24.2. The minimum Gasteiger partial charge on any atom is -0.328 e. The Morgan fingerprint density at radius 2 is 1.82 bits per heavy atom. The van der Waals surface area contributed by atoms with Gasteiger partial charge in [0, 0.05) is 17.1 Å². The van der Waals surface area contributed by atoms with Crippen molar-refractivity contribution in [3.05, 3.63) is 71.4 Å². The fraction of sp³-hybridized carbons (Fsp3) is 0.320. The largest absolute Gasteiger partial charge is 0.328 e. The van der Waals surface area contributed by atoms with Gasteiger partial charge in [-0.3, -0.25) is 9.78 Å². The van der Waals surface area contributed by atoms with Gasteiger partial charge in [-0.2, -0.15) is 0 Å². The molecule has 0 bridgehead atoms. The van der Waals surface area contributed by atoms with Crippen LogP contribution < -0.4 is 11.1 Å². The van der Waals surface area contributed by atoms with E-state index in [0.29, 0.717) is 16.5 Å². The summed E-state index contributed by atoms with van der Waals surface area (Å²) < 4.78 is 43.7. The summed E-state index contributed by atoms with van der Waals surface area (Å²) in [7, 11) is 0. The number of carbonyl (C=O) groups excluding carboxylic acids is 1. The van der Waals surface area contributed by atoms with E-state index in [1.54, 1.807) is 18.6 Å². The third-order valence-corrected chi connectivity index (χ3v) is 6.80. The number of nitrogens with two attached hydrogens (primary N) is 1. The summed E-state index contributed by atoms with van der Waals surface area (Å²) in [6.45, 7) is 2.15. The third kappa shape index (κ3) is 5.10. The molecule has 0 saturated heterocycles. The van der Waals surface area contributed by atoms with Crippen molar-refractivity contribution in [3.63, 3.8) is 0 Å². The number of hydrogen-bond donors (Lipinski definition) is 2. The highest BCUT2D eigenvalue weighted by molar-refractivity contribution is 7.98. The summed E-state index contributed by atoms with van der Waals surface area (Å²) in [5, 5.41) is 2.78. The van der Waals surface area contributed by atoms with Gasteiger partial charge in [-0.15, -0.1) is 11.8 Å². The van der Waals surface area contributed by atoms with Crippen LogP contribution in [0.2, 0.25) is 0 Å². The van der Waals surface area contributed by atoms with Gasteiger partial charge in [0.25, 0.3) is 5.91 Å². The van der Waals surface area contributed by atoms with Crippen molar-refractivity contribution in [2.24, 2.45) is 11.7 Å². The van der Waals surface area contributed by atoms with Crippen molar-refractivity contribution in [1.29, 1.82) is 0 Å². The average molecular weight is 487 g/mol. The van der Waals surface area contributed by atoms with Crippen LogP contribution >= 0.6 is 11.8 Å². The number of pyridine rings is 2. The molecule has 3 unspecified atom stereocenters. The normalized spacial score (nSPS) is 20.2. The summed E-state index contributed by atoms with van der Waals surface area (Å²) in [5.41, 5.74) is 6.29. The number of carbonyl (C=O) groups is 1.